The van der Waals surface area contributed by atoms with Gasteiger partial charge in [-0.1, -0.05) is 39.3 Å². The Morgan fingerprint density at radius 2 is 1.67 bits per heavy atom. The number of benzene rings is 1. The molecule has 0 saturated carbocycles. The smallest absolute Gasteiger partial charge is 0.191 e. The lowest BCUT2D eigenvalue weighted by Gasteiger charge is -2.27. The Morgan fingerprint density at radius 1 is 1.00 bits per heavy atom. The van der Waals surface area contributed by atoms with Gasteiger partial charge in [0.15, 0.2) is 5.96 Å². The fourth-order valence-electron chi connectivity index (χ4n) is 2.48. The van der Waals surface area contributed by atoms with Crippen molar-refractivity contribution in [3.63, 3.8) is 0 Å². The van der Waals surface area contributed by atoms with Crippen molar-refractivity contribution in [1.82, 2.24) is 10.6 Å². The first-order valence-electron chi connectivity index (χ1n) is 9.78. The maximum atomic E-state index is 5.56. The summed E-state index contributed by atoms with van der Waals surface area (Å²) in [6.07, 6.45) is 2.27. The van der Waals surface area contributed by atoms with Crippen LogP contribution in [0.4, 0.5) is 0 Å². The minimum absolute atomic E-state index is 0.0315. The van der Waals surface area contributed by atoms with E-state index in [1.807, 2.05) is 12.1 Å². The number of nitrogens with one attached hydrogen (secondary N) is 2. The molecule has 0 amide bonds. The summed E-state index contributed by atoms with van der Waals surface area (Å²) < 4.78 is 16.3. The van der Waals surface area contributed by atoms with Crippen LogP contribution in [0.15, 0.2) is 29.3 Å². The normalized spacial score (nSPS) is 12.1. The van der Waals surface area contributed by atoms with Crippen molar-refractivity contribution < 1.29 is 14.2 Å². The van der Waals surface area contributed by atoms with Gasteiger partial charge in [-0.2, -0.15) is 0 Å². The molecular formula is C21H37N3O3. The predicted octanol–water partition coefficient (Wildman–Crippen LogP) is 2.97. The molecule has 1 rings (SSSR count). The van der Waals surface area contributed by atoms with Gasteiger partial charge in [0, 0.05) is 32.2 Å². The molecule has 1 aromatic rings. The maximum Gasteiger partial charge on any atom is 0.191 e. The molecule has 0 radical (unpaired) electrons. The van der Waals surface area contributed by atoms with Gasteiger partial charge in [0.2, 0.25) is 0 Å². The average molecular weight is 380 g/mol. The van der Waals surface area contributed by atoms with Crippen molar-refractivity contribution in [3.8, 4) is 5.75 Å². The van der Waals surface area contributed by atoms with E-state index in [1.54, 1.807) is 14.2 Å². The molecule has 0 aliphatic carbocycles. The zero-order valence-corrected chi connectivity index (χ0v) is 17.6. The van der Waals surface area contributed by atoms with E-state index in [9.17, 15) is 0 Å². The van der Waals surface area contributed by atoms with Gasteiger partial charge in [-0.25, -0.2) is 0 Å². The summed E-state index contributed by atoms with van der Waals surface area (Å²) in [7, 11) is 3.46. The molecule has 1 aromatic carbocycles. The zero-order chi connectivity index (χ0) is 20.0. The van der Waals surface area contributed by atoms with Crippen LogP contribution in [-0.4, -0.2) is 59.6 Å². The number of ether oxygens (including phenoxy) is 3. The maximum absolute atomic E-state index is 5.56. The number of methoxy groups -OCH3 is 1. The quantitative estimate of drug-likeness (QED) is 0.313. The minimum atomic E-state index is -0.0315. The van der Waals surface area contributed by atoms with Crippen molar-refractivity contribution in [2.45, 2.75) is 39.0 Å². The summed E-state index contributed by atoms with van der Waals surface area (Å²) in [5, 5.41) is 6.67. The van der Waals surface area contributed by atoms with Gasteiger partial charge in [0.05, 0.1) is 26.9 Å². The molecule has 0 aliphatic heterocycles. The fraction of sp³-hybridized carbons (Fsp3) is 0.667. The summed E-state index contributed by atoms with van der Waals surface area (Å²) in [6, 6.07) is 8.20. The van der Waals surface area contributed by atoms with Crippen LogP contribution in [-0.2, 0) is 14.9 Å². The van der Waals surface area contributed by atoms with E-state index in [-0.39, 0.29) is 5.41 Å². The van der Waals surface area contributed by atoms with E-state index in [4.69, 9.17) is 14.2 Å². The van der Waals surface area contributed by atoms with Crippen molar-refractivity contribution >= 4 is 5.96 Å². The monoisotopic (exact) mass is 379 g/mol. The van der Waals surface area contributed by atoms with Gasteiger partial charge >= 0.3 is 0 Å². The number of hydrogen-bond acceptors (Lipinski definition) is 4. The third kappa shape index (κ3) is 9.63. The molecule has 0 heterocycles. The van der Waals surface area contributed by atoms with E-state index in [2.05, 4.69) is 48.5 Å². The second-order valence-corrected chi connectivity index (χ2v) is 7.04. The Morgan fingerprint density at radius 3 is 2.26 bits per heavy atom. The van der Waals surface area contributed by atoms with Crippen LogP contribution in [0.5, 0.6) is 5.75 Å². The van der Waals surface area contributed by atoms with Crippen LogP contribution in [0.2, 0.25) is 0 Å². The molecule has 2 N–H and O–H groups in total. The highest BCUT2D eigenvalue weighted by Gasteiger charge is 2.21. The summed E-state index contributed by atoms with van der Waals surface area (Å²) in [6.45, 7) is 10.8. The van der Waals surface area contributed by atoms with E-state index in [0.29, 0.717) is 26.4 Å². The third-order valence-corrected chi connectivity index (χ3v) is 4.35. The van der Waals surface area contributed by atoms with Crippen LogP contribution in [0, 0.1) is 0 Å². The minimum Gasteiger partial charge on any atom is -0.497 e. The molecule has 0 saturated heterocycles. The van der Waals surface area contributed by atoms with Gasteiger partial charge in [-0.05, 0) is 24.1 Å². The van der Waals surface area contributed by atoms with Crippen LogP contribution >= 0.6 is 0 Å². The Kier molecular flexibility index (Phi) is 11.5. The van der Waals surface area contributed by atoms with Crippen molar-refractivity contribution in [2.24, 2.45) is 4.99 Å². The molecule has 154 valence electrons. The predicted molar refractivity (Wildman–Crippen MR) is 112 cm³/mol. The first-order valence-corrected chi connectivity index (χ1v) is 9.78. The van der Waals surface area contributed by atoms with E-state index in [1.165, 1.54) is 5.56 Å². The Bertz CT molecular complexity index is 530. The average Bonchev–Trinajstić information content (AvgIpc) is 2.69. The summed E-state index contributed by atoms with van der Waals surface area (Å²) >= 11 is 0. The molecule has 0 fully saturated rings. The molecule has 0 aliphatic rings. The number of unbranched alkanes of at least 4 members (excludes halogenated alkanes) is 1. The van der Waals surface area contributed by atoms with E-state index >= 15 is 0 Å². The summed E-state index contributed by atoms with van der Waals surface area (Å²) in [4.78, 5) is 4.27. The standard InChI is InChI=1S/C21H37N3O3/c1-6-7-13-26-15-16-27-14-12-23-20(22-4)24-17-21(2,3)18-8-10-19(25-5)11-9-18/h8-11H,6-7,12-17H2,1-5H3,(H2,22,23,24). The number of aliphatic imine (C=N–C) groups is 1. The highest BCUT2D eigenvalue weighted by molar-refractivity contribution is 5.79. The first-order chi connectivity index (χ1) is 13.0. The van der Waals surface area contributed by atoms with E-state index < -0.39 is 0 Å². The molecule has 0 aromatic heterocycles. The molecule has 0 unspecified atom stereocenters. The highest BCUT2D eigenvalue weighted by Crippen LogP contribution is 2.24. The molecule has 0 spiro atoms. The molecular weight excluding hydrogens is 342 g/mol. The molecule has 6 nitrogen and oxygen atoms in total. The molecule has 0 bridgehead atoms. The lowest BCUT2D eigenvalue weighted by molar-refractivity contribution is 0.0487. The second kappa shape index (κ2) is 13.4. The zero-order valence-electron chi connectivity index (χ0n) is 17.6. The van der Waals surface area contributed by atoms with Crippen LogP contribution in [0.25, 0.3) is 0 Å². The Labute approximate surface area is 164 Å². The fourth-order valence-corrected chi connectivity index (χ4v) is 2.48. The largest absolute Gasteiger partial charge is 0.497 e. The lowest BCUT2D eigenvalue weighted by atomic mass is 9.84. The number of rotatable bonds is 13. The molecule has 0 atom stereocenters. The SMILES string of the molecule is CCCCOCCOCCNC(=NC)NCC(C)(C)c1ccc(OC)cc1. The van der Waals surface area contributed by atoms with Gasteiger partial charge in [-0.3, -0.25) is 4.99 Å². The first kappa shape index (κ1) is 23.2. The second-order valence-electron chi connectivity index (χ2n) is 7.04. The van der Waals surface area contributed by atoms with E-state index in [0.717, 1.165) is 37.7 Å². The number of hydrogen-bond donors (Lipinski definition) is 2. The van der Waals surface area contributed by atoms with Gasteiger partial charge < -0.3 is 24.8 Å². The third-order valence-electron chi connectivity index (χ3n) is 4.35. The van der Waals surface area contributed by atoms with Gasteiger partial charge in [-0.15, -0.1) is 0 Å². The van der Waals surface area contributed by atoms with Gasteiger partial charge in [0.1, 0.15) is 5.75 Å². The highest BCUT2D eigenvalue weighted by atomic mass is 16.5. The molecule has 27 heavy (non-hydrogen) atoms. The Balaban J connectivity index is 2.24. The summed E-state index contributed by atoms with van der Waals surface area (Å²) in [5.41, 5.74) is 1.22. The van der Waals surface area contributed by atoms with Crippen LogP contribution in [0.3, 0.4) is 0 Å². The number of guanidine groups is 1. The lowest BCUT2D eigenvalue weighted by Crippen LogP contribution is -2.44. The van der Waals surface area contributed by atoms with Crippen molar-refractivity contribution in [2.75, 3.05) is 53.7 Å². The topological polar surface area (TPSA) is 64.1 Å². The van der Waals surface area contributed by atoms with Crippen LogP contribution < -0.4 is 15.4 Å². The van der Waals surface area contributed by atoms with Crippen molar-refractivity contribution in [1.29, 1.82) is 0 Å². The summed E-state index contributed by atoms with van der Waals surface area (Å²) in [5.74, 6) is 1.65. The van der Waals surface area contributed by atoms with Crippen LogP contribution in [0.1, 0.15) is 39.2 Å². The molecule has 6 heteroatoms. The number of nitrogens with zero attached hydrogens (tertiary/aromatic N) is 1. The van der Waals surface area contributed by atoms with Crippen molar-refractivity contribution in [3.05, 3.63) is 29.8 Å². The Hall–Kier alpha value is -1.79. The van der Waals surface area contributed by atoms with Gasteiger partial charge in [0.25, 0.3) is 0 Å².